The van der Waals surface area contributed by atoms with E-state index in [0.717, 1.165) is 23.7 Å². The van der Waals surface area contributed by atoms with E-state index in [9.17, 15) is 5.11 Å². The lowest BCUT2D eigenvalue weighted by Gasteiger charge is -2.31. The summed E-state index contributed by atoms with van der Waals surface area (Å²) in [6.45, 7) is 3.21. The second-order valence-electron chi connectivity index (χ2n) is 6.47. The van der Waals surface area contributed by atoms with E-state index >= 15 is 0 Å². The van der Waals surface area contributed by atoms with Crippen LogP contribution in [0.5, 0.6) is 0 Å². The molecule has 1 aliphatic rings. The second-order valence-corrected chi connectivity index (χ2v) is 7.38. The number of aliphatic hydroxyl groups is 1. The summed E-state index contributed by atoms with van der Waals surface area (Å²) in [7, 11) is 3.98. The van der Waals surface area contributed by atoms with Crippen molar-refractivity contribution in [1.29, 1.82) is 0 Å². The molecule has 3 nitrogen and oxygen atoms in total. The Kier molecular flexibility index (Phi) is 5.24. The second kappa shape index (κ2) is 6.56. The molecule has 1 aliphatic carbocycles. The minimum Gasteiger partial charge on any atom is -0.388 e. The van der Waals surface area contributed by atoms with Crippen LogP contribution in [0.2, 0.25) is 0 Å². The van der Waals surface area contributed by atoms with E-state index in [1.54, 1.807) is 0 Å². The van der Waals surface area contributed by atoms with E-state index in [0.29, 0.717) is 19.1 Å². The monoisotopic (exact) mass is 340 g/mol. The molecule has 0 amide bonds. The largest absolute Gasteiger partial charge is 0.388 e. The van der Waals surface area contributed by atoms with Crippen molar-refractivity contribution in [2.45, 2.75) is 37.8 Å². The molecule has 0 saturated carbocycles. The van der Waals surface area contributed by atoms with Gasteiger partial charge >= 0.3 is 0 Å². The highest BCUT2D eigenvalue weighted by Gasteiger charge is 2.24. The van der Waals surface area contributed by atoms with E-state index in [2.05, 4.69) is 39.4 Å². The summed E-state index contributed by atoms with van der Waals surface area (Å²) in [5.74, 6) is 0. The van der Waals surface area contributed by atoms with Gasteiger partial charge in [0.2, 0.25) is 0 Å². The number of nitrogens with zero attached hydrogens (tertiary/aromatic N) is 1. The topological polar surface area (TPSA) is 35.5 Å². The average molecular weight is 341 g/mol. The summed E-state index contributed by atoms with van der Waals surface area (Å²) in [4.78, 5) is 2.02. The van der Waals surface area contributed by atoms with Crippen LogP contribution in [0.4, 0.5) is 0 Å². The molecule has 0 spiro atoms. The van der Waals surface area contributed by atoms with E-state index in [4.69, 9.17) is 0 Å². The Morgan fingerprint density at radius 2 is 2.15 bits per heavy atom. The van der Waals surface area contributed by atoms with Crippen molar-refractivity contribution >= 4 is 15.9 Å². The molecule has 0 bridgehead atoms. The van der Waals surface area contributed by atoms with Gasteiger partial charge in [-0.2, -0.15) is 0 Å². The van der Waals surface area contributed by atoms with Crippen LogP contribution in [-0.2, 0) is 12.8 Å². The number of halogens is 1. The highest BCUT2D eigenvalue weighted by molar-refractivity contribution is 9.10. The molecule has 0 radical (unpaired) electrons. The van der Waals surface area contributed by atoms with Crippen molar-refractivity contribution in [2.24, 2.45) is 0 Å². The zero-order valence-corrected chi connectivity index (χ0v) is 14.2. The maximum atomic E-state index is 10.3. The summed E-state index contributed by atoms with van der Waals surface area (Å²) in [5, 5.41) is 13.9. The Balaban J connectivity index is 1.89. The third-order valence-corrected chi connectivity index (χ3v) is 4.32. The number of benzene rings is 1. The number of nitrogens with one attached hydrogen (secondary N) is 1. The predicted molar refractivity (Wildman–Crippen MR) is 87.1 cm³/mol. The summed E-state index contributed by atoms with van der Waals surface area (Å²) < 4.78 is 1.16. The molecule has 20 heavy (non-hydrogen) atoms. The lowest BCUT2D eigenvalue weighted by molar-refractivity contribution is 0.0309. The summed E-state index contributed by atoms with van der Waals surface area (Å²) >= 11 is 3.53. The highest BCUT2D eigenvalue weighted by atomic mass is 79.9. The van der Waals surface area contributed by atoms with Gasteiger partial charge in [0.05, 0.1) is 5.60 Å². The number of hydrogen-bond donors (Lipinski definition) is 2. The maximum absolute atomic E-state index is 10.3. The summed E-state index contributed by atoms with van der Waals surface area (Å²) in [6, 6.07) is 7.03. The van der Waals surface area contributed by atoms with E-state index in [1.165, 1.54) is 11.1 Å². The first-order valence-electron chi connectivity index (χ1n) is 7.23. The lowest BCUT2D eigenvalue weighted by Crippen LogP contribution is -2.49. The predicted octanol–water partition coefficient (Wildman–Crippen LogP) is 2.21. The molecule has 2 atom stereocenters. The van der Waals surface area contributed by atoms with E-state index in [-0.39, 0.29) is 0 Å². The zero-order valence-electron chi connectivity index (χ0n) is 12.6. The van der Waals surface area contributed by atoms with Crippen LogP contribution >= 0.6 is 15.9 Å². The summed E-state index contributed by atoms with van der Waals surface area (Å²) in [5.41, 5.74) is 2.21. The molecule has 0 fully saturated rings. The fourth-order valence-corrected chi connectivity index (χ4v) is 3.41. The molecule has 2 unspecified atom stereocenters. The molecule has 1 aromatic carbocycles. The van der Waals surface area contributed by atoms with Gasteiger partial charge in [-0.25, -0.2) is 0 Å². The van der Waals surface area contributed by atoms with Gasteiger partial charge in [0, 0.05) is 23.6 Å². The van der Waals surface area contributed by atoms with Gasteiger partial charge in [-0.3, -0.25) is 0 Å². The number of aryl methyl sites for hydroxylation is 1. The third-order valence-electron chi connectivity index (χ3n) is 3.83. The number of likely N-dealkylation sites (N-methyl/N-ethyl adjacent to an activating group) is 1. The van der Waals surface area contributed by atoms with Crippen LogP contribution in [0.25, 0.3) is 0 Å². The molecule has 0 aliphatic heterocycles. The van der Waals surface area contributed by atoms with Crippen LogP contribution in [0.3, 0.4) is 0 Å². The molecule has 1 aromatic rings. The number of hydrogen-bond acceptors (Lipinski definition) is 3. The van der Waals surface area contributed by atoms with Crippen LogP contribution in [-0.4, -0.2) is 48.8 Å². The smallest absolute Gasteiger partial charge is 0.0869 e. The standard InChI is InChI=1S/C16H25BrN2O/c1-16(20,11-19(2)3)10-18-15-7-5-12-8-14(17)6-4-13(12)9-15/h4,6,8,15,18,20H,5,7,9-11H2,1-3H3. The van der Waals surface area contributed by atoms with Crippen molar-refractivity contribution in [3.63, 3.8) is 0 Å². The molecule has 112 valence electrons. The van der Waals surface area contributed by atoms with Crippen LogP contribution in [0, 0.1) is 0 Å². The third kappa shape index (κ3) is 4.55. The molecule has 0 aromatic heterocycles. The minimum atomic E-state index is -0.677. The first-order valence-corrected chi connectivity index (χ1v) is 8.03. The van der Waals surface area contributed by atoms with Crippen LogP contribution < -0.4 is 5.32 Å². The highest BCUT2D eigenvalue weighted by Crippen LogP contribution is 2.25. The molecule has 0 heterocycles. The van der Waals surface area contributed by atoms with Gasteiger partial charge in [-0.15, -0.1) is 0 Å². The van der Waals surface area contributed by atoms with Crippen molar-refractivity contribution in [3.05, 3.63) is 33.8 Å². The van der Waals surface area contributed by atoms with E-state index < -0.39 is 5.60 Å². The zero-order chi connectivity index (χ0) is 14.8. The Morgan fingerprint density at radius 1 is 1.40 bits per heavy atom. The Labute approximate surface area is 130 Å². The molecule has 2 N–H and O–H groups in total. The number of rotatable bonds is 5. The molecule has 0 saturated heterocycles. The van der Waals surface area contributed by atoms with Gasteiger partial charge in [-0.05, 0) is 63.5 Å². The Bertz CT molecular complexity index is 460. The van der Waals surface area contributed by atoms with E-state index in [1.807, 2.05) is 25.9 Å². The normalized spacial score (nSPS) is 21.6. The van der Waals surface area contributed by atoms with Crippen molar-refractivity contribution < 1.29 is 5.11 Å². The van der Waals surface area contributed by atoms with Crippen LogP contribution in [0.1, 0.15) is 24.5 Å². The van der Waals surface area contributed by atoms with Gasteiger partial charge in [0.1, 0.15) is 0 Å². The van der Waals surface area contributed by atoms with Crippen LogP contribution in [0.15, 0.2) is 22.7 Å². The SMILES string of the molecule is CN(C)CC(C)(O)CNC1CCc2cc(Br)ccc2C1. The van der Waals surface area contributed by atoms with Gasteiger partial charge in [0.25, 0.3) is 0 Å². The fourth-order valence-electron chi connectivity index (χ4n) is 3.00. The Hall–Kier alpha value is -0.420. The molecule has 2 rings (SSSR count). The maximum Gasteiger partial charge on any atom is 0.0869 e. The first kappa shape index (κ1) is 16.0. The van der Waals surface area contributed by atoms with Crippen molar-refractivity contribution in [3.8, 4) is 0 Å². The van der Waals surface area contributed by atoms with Gasteiger partial charge < -0.3 is 15.3 Å². The van der Waals surface area contributed by atoms with Gasteiger partial charge in [-0.1, -0.05) is 22.0 Å². The number of fused-ring (bicyclic) bond motifs is 1. The van der Waals surface area contributed by atoms with Crippen molar-refractivity contribution in [1.82, 2.24) is 10.2 Å². The average Bonchev–Trinajstić information content (AvgIpc) is 2.35. The Morgan fingerprint density at radius 3 is 2.85 bits per heavy atom. The molecular weight excluding hydrogens is 316 g/mol. The first-order chi connectivity index (χ1) is 9.35. The lowest BCUT2D eigenvalue weighted by atomic mass is 9.88. The van der Waals surface area contributed by atoms with Gasteiger partial charge in [0.15, 0.2) is 0 Å². The quantitative estimate of drug-likeness (QED) is 0.862. The summed E-state index contributed by atoms with van der Waals surface area (Å²) in [6.07, 6.45) is 3.31. The minimum absolute atomic E-state index is 0.470. The molecule has 4 heteroatoms. The fraction of sp³-hybridized carbons (Fsp3) is 0.625. The molecular formula is C16H25BrN2O. The van der Waals surface area contributed by atoms with Crippen molar-refractivity contribution in [2.75, 3.05) is 27.2 Å².